The molecule has 4 heteroatoms. The molecule has 2 aromatic heterocycles. The van der Waals surface area contributed by atoms with E-state index in [1.54, 1.807) is 37.3 Å². The van der Waals surface area contributed by atoms with Gasteiger partial charge >= 0.3 is 5.97 Å². The molecule has 3 aromatic rings. The number of carbonyl (C=O) groups excluding carboxylic acids is 2. The minimum absolute atomic E-state index is 0.0818. The number of pyridine rings is 1. The Morgan fingerprint density at radius 1 is 0.955 bits per heavy atom. The van der Waals surface area contributed by atoms with Gasteiger partial charge in [0.1, 0.15) is 0 Å². The Balaban J connectivity index is 1.91. The second-order valence-corrected chi connectivity index (χ2v) is 4.84. The summed E-state index contributed by atoms with van der Waals surface area (Å²) in [5, 5.41) is 0. The summed E-state index contributed by atoms with van der Waals surface area (Å²) in [6, 6.07) is 16.0. The van der Waals surface area contributed by atoms with Crippen LogP contribution in [-0.4, -0.2) is 22.8 Å². The lowest BCUT2D eigenvalue weighted by molar-refractivity contribution is 0.0526. The van der Waals surface area contributed by atoms with Gasteiger partial charge in [0.15, 0.2) is 0 Å². The molecule has 0 saturated heterocycles. The number of ether oxygens (including phenoxy) is 1. The van der Waals surface area contributed by atoms with Crippen molar-refractivity contribution in [3.8, 4) is 0 Å². The number of hydrogen-bond donors (Lipinski definition) is 0. The molecule has 1 aromatic carbocycles. The number of aromatic nitrogens is 1. The molecule has 3 rings (SSSR count). The lowest BCUT2D eigenvalue weighted by Gasteiger charge is -2.04. The number of ketones is 1. The van der Waals surface area contributed by atoms with Crippen molar-refractivity contribution in [3.63, 3.8) is 0 Å². The van der Waals surface area contributed by atoms with E-state index < -0.39 is 0 Å². The van der Waals surface area contributed by atoms with Crippen molar-refractivity contribution in [1.82, 2.24) is 4.40 Å². The molecule has 22 heavy (non-hydrogen) atoms. The van der Waals surface area contributed by atoms with Crippen LogP contribution in [0.2, 0.25) is 0 Å². The van der Waals surface area contributed by atoms with Crippen LogP contribution in [0.15, 0.2) is 60.8 Å². The number of benzene rings is 1. The number of hydrogen-bond acceptors (Lipinski definition) is 3. The number of rotatable bonds is 4. The zero-order chi connectivity index (χ0) is 15.5. The van der Waals surface area contributed by atoms with Gasteiger partial charge in [-0.2, -0.15) is 0 Å². The van der Waals surface area contributed by atoms with Crippen molar-refractivity contribution in [2.45, 2.75) is 6.92 Å². The summed E-state index contributed by atoms with van der Waals surface area (Å²) in [6.07, 6.45) is 1.86. The second-order valence-electron chi connectivity index (χ2n) is 4.84. The van der Waals surface area contributed by atoms with Crippen molar-refractivity contribution in [1.29, 1.82) is 0 Å². The van der Waals surface area contributed by atoms with E-state index in [0.717, 1.165) is 5.52 Å². The van der Waals surface area contributed by atoms with Gasteiger partial charge in [-0.3, -0.25) is 4.79 Å². The van der Waals surface area contributed by atoms with Crippen molar-refractivity contribution in [2.75, 3.05) is 6.61 Å². The molecule has 0 amide bonds. The summed E-state index contributed by atoms with van der Waals surface area (Å²) >= 11 is 0. The summed E-state index contributed by atoms with van der Waals surface area (Å²) in [5.74, 6) is -0.462. The van der Waals surface area contributed by atoms with E-state index in [-0.39, 0.29) is 11.8 Å². The highest BCUT2D eigenvalue weighted by Gasteiger charge is 2.14. The molecule has 0 atom stereocenters. The van der Waals surface area contributed by atoms with Crippen LogP contribution in [0.4, 0.5) is 0 Å². The monoisotopic (exact) mass is 293 g/mol. The van der Waals surface area contributed by atoms with Crippen molar-refractivity contribution >= 4 is 17.3 Å². The third kappa shape index (κ3) is 2.51. The molecule has 0 unspecified atom stereocenters. The predicted octanol–water partition coefficient (Wildman–Crippen LogP) is 3.35. The molecular formula is C18H15NO3. The van der Waals surface area contributed by atoms with E-state index in [0.29, 0.717) is 23.4 Å². The van der Waals surface area contributed by atoms with E-state index in [1.807, 2.05) is 34.9 Å². The van der Waals surface area contributed by atoms with Gasteiger partial charge in [0.2, 0.25) is 5.78 Å². The first kappa shape index (κ1) is 14.1. The highest BCUT2D eigenvalue weighted by molar-refractivity contribution is 6.09. The molecule has 0 N–H and O–H groups in total. The number of fused-ring (bicyclic) bond motifs is 1. The zero-order valence-electron chi connectivity index (χ0n) is 12.2. The first-order valence-corrected chi connectivity index (χ1v) is 7.08. The van der Waals surface area contributed by atoms with E-state index in [9.17, 15) is 9.59 Å². The lowest BCUT2D eigenvalue weighted by Crippen LogP contribution is -2.07. The average molecular weight is 293 g/mol. The van der Waals surface area contributed by atoms with Crippen LogP contribution in [0.1, 0.15) is 33.3 Å². The molecular weight excluding hydrogens is 278 g/mol. The van der Waals surface area contributed by atoms with Gasteiger partial charge in [0.25, 0.3) is 0 Å². The first-order valence-electron chi connectivity index (χ1n) is 7.08. The molecule has 0 bridgehead atoms. The van der Waals surface area contributed by atoms with Gasteiger partial charge in [-0.15, -0.1) is 0 Å². The quantitative estimate of drug-likeness (QED) is 0.547. The van der Waals surface area contributed by atoms with E-state index in [1.165, 1.54) is 0 Å². The van der Waals surface area contributed by atoms with Crippen LogP contribution >= 0.6 is 0 Å². The summed E-state index contributed by atoms with van der Waals surface area (Å²) in [6.45, 7) is 2.09. The highest BCUT2D eigenvalue weighted by Crippen LogP contribution is 2.15. The Morgan fingerprint density at radius 3 is 2.41 bits per heavy atom. The smallest absolute Gasteiger partial charge is 0.338 e. The Hall–Kier alpha value is -2.88. The normalized spacial score (nSPS) is 10.6. The van der Waals surface area contributed by atoms with Crippen LogP contribution in [0.5, 0.6) is 0 Å². The van der Waals surface area contributed by atoms with Gasteiger partial charge in [-0.1, -0.05) is 18.2 Å². The molecule has 0 radical (unpaired) electrons. The SMILES string of the molecule is CCOC(=O)c1ccc(C(=O)c2ccc3ccccn23)cc1. The van der Waals surface area contributed by atoms with E-state index in [4.69, 9.17) is 4.74 Å². The third-order valence-electron chi connectivity index (χ3n) is 3.45. The van der Waals surface area contributed by atoms with Gasteiger partial charge in [-0.05, 0) is 43.3 Å². The maximum atomic E-state index is 12.6. The summed E-state index contributed by atoms with van der Waals surface area (Å²) in [7, 11) is 0. The fourth-order valence-corrected chi connectivity index (χ4v) is 2.36. The van der Waals surface area contributed by atoms with Crippen molar-refractivity contribution in [3.05, 3.63) is 77.6 Å². The standard InChI is InChI=1S/C18H15NO3/c1-2-22-18(21)14-8-6-13(7-9-14)17(20)16-11-10-15-5-3-4-12-19(15)16/h3-12H,2H2,1H3. The molecule has 0 aliphatic carbocycles. The molecule has 0 aliphatic heterocycles. The van der Waals surface area contributed by atoms with Crippen LogP contribution in [0, 0.1) is 0 Å². The Bertz CT molecular complexity index is 831. The van der Waals surface area contributed by atoms with E-state index in [2.05, 4.69) is 0 Å². The minimum atomic E-state index is -0.380. The Kier molecular flexibility index (Phi) is 3.74. The average Bonchev–Trinajstić information content (AvgIpc) is 2.98. The molecule has 2 heterocycles. The summed E-state index contributed by atoms with van der Waals surface area (Å²) in [4.78, 5) is 24.2. The fraction of sp³-hybridized carbons (Fsp3) is 0.111. The Labute approximate surface area is 128 Å². The number of esters is 1. The second kappa shape index (κ2) is 5.85. The topological polar surface area (TPSA) is 47.8 Å². The van der Waals surface area contributed by atoms with Crippen LogP contribution in [0.25, 0.3) is 5.52 Å². The maximum absolute atomic E-state index is 12.6. The van der Waals surface area contributed by atoms with Crippen LogP contribution < -0.4 is 0 Å². The summed E-state index contributed by atoms with van der Waals surface area (Å²) in [5.41, 5.74) is 2.55. The number of carbonyl (C=O) groups is 2. The lowest BCUT2D eigenvalue weighted by atomic mass is 10.1. The van der Waals surface area contributed by atoms with Crippen LogP contribution in [0.3, 0.4) is 0 Å². The fourth-order valence-electron chi connectivity index (χ4n) is 2.36. The first-order chi connectivity index (χ1) is 10.7. The molecule has 110 valence electrons. The third-order valence-corrected chi connectivity index (χ3v) is 3.45. The predicted molar refractivity (Wildman–Crippen MR) is 83.2 cm³/mol. The van der Waals surface area contributed by atoms with Crippen molar-refractivity contribution < 1.29 is 14.3 Å². The molecule has 4 nitrogen and oxygen atoms in total. The Morgan fingerprint density at radius 2 is 1.68 bits per heavy atom. The van der Waals surface area contributed by atoms with Gasteiger partial charge in [0.05, 0.1) is 17.9 Å². The number of nitrogens with zero attached hydrogens (tertiary/aromatic N) is 1. The molecule has 0 fully saturated rings. The van der Waals surface area contributed by atoms with E-state index >= 15 is 0 Å². The maximum Gasteiger partial charge on any atom is 0.338 e. The highest BCUT2D eigenvalue weighted by atomic mass is 16.5. The molecule has 0 aliphatic rings. The minimum Gasteiger partial charge on any atom is -0.462 e. The molecule has 0 spiro atoms. The van der Waals surface area contributed by atoms with Gasteiger partial charge in [0, 0.05) is 17.3 Å². The van der Waals surface area contributed by atoms with Crippen LogP contribution in [-0.2, 0) is 4.74 Å². The zero-order valence-corrected chi connectivity index (χ0v) is 12.2. The largest absolute Gasteiger partial charge is 0.462 e. The van der Waals surface area contributed by atoms with Gasteiger partial charge in [-0.25, -0.2) is 4.79 Å². The van der Waals surface area contributed by atoms with Crippen molar-refractivity contribution in [2.24, 2.45) is 0 Å². The summed E-state index contributed by atoms with van der Waals surface area (Å²) < 4.78 is 6.78. The molecule has 0 saturated carbocycles. The van der Waals surface area contributed by atoms with Gasteiger partial charge < -0.3 is 9.14 Å².